The lowest BCUT2D eigenvalue weighted by Crippen LogP contribution is -2.44. The minimum absolute atomic E-state index is 0.521. The SMILES string of the molecule is FC(F)(F)c1cccc(-c2ccc(C3CC3NC3CCCNC3)cc2)c1. The first kappa shape index (κ1) is 17.6. The summed E-state index contributed by atoms with van der Waals surface area (Å²) in [4.78, 5) is 0. The van der Waals surface area contributed by atoms with E-state index in [1.54, 1.807) is 6.07 Å². The van der Waals surface area contributed by atoms with Crippen LogP contribution in [0.2, 0.25) is 0 Å². The van der Waals surface area contributed by atoms with Crippen molar-refractivity contribution in [2.75, 3.05) is 13.1 Å². The Morgan fingerprint density at radius 1 is 1.00 bits per heavy atom. The number of hydrogen-bond donors (Lipinski definition) is 2. The van der Waals surface area contributed by atoms with Crippen LogP contribution in [0, 0.1) is 0 Å². The van der Waals surface area contributed by atoms with Crippen molar-refractivity contribution in [1.82, 2.24) is 10.6 Å². The Morgan fingerprint density at radius 2 is 1.81 bits per heavy atom. The van der Waals surface area contributed by atoms with Gasteiger partial charge in [-0.2, -0.15) is 13.2 Å². The highest BCUT2D eigenvalue weighted by Crippen LogP contribution is 2.42. The van der Waals surface area contributed by atoms with E-state index in [1.165, 1.54) is 30.5 Å². The van der Waals surface area contributed by atoms with E-state index < -0.39 is 11.7 Å². The van der Waals surface area contributed by atoms with Crippen LogP contribution in [-0.2, 0) is 6.18 Å². The van der Waals surface area contributed by atoms with Crippen LogP contribution in [0.5, 0.6) is 0 Å². The second-order valence-electron chi connectivity index (χ2n) is 7.36. The Balaban J connectivity index is 1.41. The lowest BCUT2D eigenvalue weighted by molar-refractivity contribution is -0.137. The molecular weight excluding hydrogens is 337 g/mol. The van der Waals surface area contributed by atoms with Gasteiger partial charge in [0.1, 0.15) is 0 Å². The van der Waals surface area contributed by atoms with Gasteiger partial charge in [-0.25, -0.2) is 0 Å². The molecule has 2 nitrogen and oxygen atoms in total. The molecule has 1 saturated heterocycles. The first-order valence-corrected chi connectivity index (χ1v) is 9.25. The van der Waals surface area contributed by atoms with E-state index in [0.29, 0.717) is 23.6 Å². The van der Waals surface area contributed by atoms with Crippen LogP contribution in [0.25, 0.3) is 11.1 Å². The summed E-state index contributed by atoms with van der Waals surface area (Å²) in [5.74, 6) is 0.521. The van der Waals surface area contributed by atoms with Crippen LogP contribution < -0.4 is 10.6 Å². The van der Waals surface area contributed by atoms with Gasteiger partial charge in [-0.05, 0) is 54.6 Å². The molecule has 4 rings (SSSR count). The Labute approximate surface area is 151 Å². The van der Waals surface area contributed by atoms with Gasteiger partial charge in [-0.3, -0.25) is 0 Å². The zero-order chi connectivity index (χ0) is 18.1. The summed E-state index contributed by atoms with van der Waals surface area (Å²) in [5, 5.41) is 7.14. The lowest BCUT2D eigenvalue weighted by Gasteiger charge is -2.24. The summed E-state index contributed by atoms with van der Waals surface area (Å²) in [7, 11) is 0. The van der Waals surface area contributed by atoms with Gasteiger partial charge in [0, 0.05) is 24.5 Å². The van der Waals surface area contributed by atoms with Crippen LogP contribution in [0.3, 0.4) is 0 Å². The predicted molar refractivity (Wildman–Crippen MR) is 97.1 cm³/mol. The topological polar surface area (TPSA) is 24.1 Å². The molecule has 0 amide bonds. The standard InChI is InChI=1S/C21H23F3N2/c22-21(23,24)17-4-1-3-16(11-17)14-6-8-15(9-7-14)19-12-20(19)26-18-5-2-10-25-13-18/h1,3-4,6-9,11,18-20,25-26H,2,5,10,12-13H2. The molecule has 0 spiro atoms. The molecule has 1 aliphatic heterocycles. The summed E-state index contributed by atoms with van der Waals surface area (Å²) in [6.45, 7) is 2.15. The van der Waals surface area contributed by atoms with Crippen LogP contribution in [0.1, 0.15) is 36.3 Å². The summed E-state index contributed by atoms with van der Waals surface area (Å²) >= 11 is 0. The van der Waals surface area contributed by atoms with Gasteiger partial charge in [-0.1, -0.05) is 36.4 Å². The van der Waals surface area contributed by atoms with Crippen molar-refractivity contribution in [2.45, 2.75) is 43.4 Å². The van der Waals surface area contributed by atoms with Crippen molar-refractivity contribution in [3.05, 3.63) is 59.7 Å². The molecule has 2 fully saturated rings. The zero-order valence-electron chi connectivity index (χ0n) is 14.5. The highest BCUT2D eigenvalue weighted by Gasteiger charge is 2.39. The van der Waals surface area contributed by atoms with Crippen molar-refractivity contribution in [3.63, 3.8) is 0 Å². The molecule has 2 aliphatic rings. The minimum atomic E-state index is -4.31. The van der Waals surface area contributed by atoms with Gasteiger partial charge >= 0.3 is 6.18 Å². The van der Waals surface area contributed by atoms with Crippen molar-refractivity contribution < 1.29 is 13.2 Å². The van der Waals surface area contributed by atoms with Crippen molar-refractivity contribution in [1.29, 1.82) is 0 Å². The van der Waals surface area contributed by atoms with Crippen LogP contribution in [0.4, 0.5) is 13.2 Å². The molecule has 1 saturated carbocycles. The molecule has 5 heteroatoms. The van der Waals surface area contributed by atoms with E-state index in [2.05, 4.69) is 22.8 Å². The van der Waals surface area contributed by atoms with E-state index in [0.717, 1.165) is 31.1 Å². The monoisotopic (exact) mass is 360 g/mol. The largest absolute Gasteiger partial charge is 0.416 e. The zero-order valence-corrected chi connectivity index (χ0v) is 14.5. The molecule has 2 aromatic rings. The Bertz CT molecular complexity index is 749. The highest BCUT2D eigenvalue weighted by atomic mass is 19.4. The Kier molecular flexibility index (Phi) is 4.76. The maximum absolute atomic E-state index is 12.9. The molecule has 0 aromatic heterocycles. The van der Waals surface area contributed by atoms with Gasteiger partial charge < -0.3 is 10.6 Å². The molecule has 2 N–H and O–H groups in total. The summed E-state index contributed by atoms with van der Waals surface area (Å²) in [6, 6.07) is 14.6. The molecule has 1 heterocycles. The first-order chi connectivity index (χ1) is 12.5. The Hall–Kier alpha value is -1.85. The van der Waals surface area contributed by atoms with Crippen molar-refractivity contribution >= 4 is 0 Å². The third-order valence-electron chi connectivity index (χ3n) is 5.40. The third-order valence-corrected chi connectivity index (χ3v) is 5.40. The van der Waals surface area contributed by atoms with E-state index in [-0.39, 0.29) is 0 Å². The lowest BCUT2D eigenvalue weighted by atomic mass is 10.00. The van der Waals surface area contributed by atoms with Gasteiger partial charge in [0.25, 0.3) is 0 Å². The van der Waals surface area contributed by atoms with E-state index in [1.807, 2.05) is 12.1 Å². The molecule has 0 bridgehead atoms. The number of rotatable bonds is 4. The van der Waals surface area contributed by atoms with Crippen LogP contribution in [0.15, 0.2) is 48.5 Å². The Morgan fingerprint density at radius 3 is 2.50 bits per heavy atom. The van der Waals surface area contributed by atoms with Gasteiger partial charge in [-0.15, -0.1) is 0 Å². The van der Waals surface area contributed by atoms with Crippen molar-refractivity contribution in [2.24, 2.45) is 0 Å². The van der Waals surface area contributed by atoms with E-state index in [4.69, 9.17) is 0 Å². The number of piperidine rings is 1. The average molecular weight is 360 g/mol. The summed E-state index contributed by atoms with van der Waals surface area (Å²) in [6.07, 6.45) is -0.721. The molecule has 26 heavy (non-hydrogen) atoms. The molecule has 138 valence electrons. The number of hydrogen-bond acceptors (Lipinski definition) is 2. The number of benzene rings is 2. The molecular formula is C21H23F3N2. The molecule has 3 unspecified atom stereocenters. The normalized spacial score (nSPS) is 25.9. The van der Waals surface area contributed by atoms with E-state index >= 15 is 0 Å². The molecule has 3 atom stereocenters. The number of nitrogens with one attached hydrogen (secondary N) is 2. The molecule has 0 radical (unpaired) electrons. The quantitative estimate of drug-likeness (QED) is 0.835. The fourth-order valence-corrected chi connectivity index (χ4v) is 3.84. The molecule has 1 aliphatic carbocycles. The summed E-state index contributed by atoms with van der Waals surface area (Å²) < 4.78 is 38.7. The number of alkyl halides is 3. The fraction of sp³-hybridized carbons (Fsp3) is 0.429. The first-order valence-electron chi connectivity index (χ1n) is 9.25. The van der Waals surface area contributed by atoms with Crippen LogP contribution >= 0.6 is 0 Å². The maximum atomic E-state index is 12.9. The summed E-state index contributed by atoms with van der Waals surface area (Å²) in [5.41, 5.74) is 2.08. The average Bonchev–Trinajstić information content (AvgIpc) is 3.41. The maximum Gasteiger partial charge on any atom is 0.416 e. The molecule has 2 aromatic carbocycles. The van der Waals surface area contributed by atoms with Crippen molar-refractivity contribution in [3.8, 4) is 11.1 Å². The van der Waals surface area contributed by atoms with Gasteiger partial charge in [0.15, 0.2) is 0 Å². The van der Waals surface area contributed by atoms with Gasteiger partial charge in [0.2, 0.25) is 0 Å². The number of halogens is 3. The fourth-order valence-electron chi connectivity index (χ4n) is 3.84. The predicted octanol–water partition coefficient (Wildman–Crippen LogP) is 4.57. The second kappa shape index (κ2) is 7.05. The minimum Gasteiger partial charge on any atom is -0.315 e. The third kappa shape index (κ3) is 3.94. The smallest absolute Gasteiger partial charge is 0.315 e. The van der Waals surface area contributed by atoms with Crippen LogP contribution in [-0.4, -0.2) is 25.2 Å². The highest BCUT2D eigenvalue weighted by molar-refractivity contribution is 5.65. The van der Waals surface area contributed by atoms with E-state index in [9.17, 15) is 13.2 Å². The van der Waals surface area contributed by atoms with Gasteiger partial charge in [0.05, 0.1) is 5.56 Å². The second-order valence-corrected chi connectivity index (χ2v) is 7.36.